The van der Waals surface area contributed by atoms with E-state index in [1.54, 1.807) is 0 Å². The molecular formula is C15H28N2S2. The molecule has 0 aliphatic carbocycles. The Bertz CT molecular complexity index is 463. The third kappa shape index (κ3) is 4.84. The Kier molecular flexibility index (Phi) is 7.16. The van der Waals surface area contributed by atoms with Crippen LogP contribution in [0.3, 0.4) is 0 Å². The molecule has 4 heteroatoms. The quantitative estimate of drug-likeness (QED) is 0.723. The minimum Gasteiger partial charge on any atom is -0.375 e. The number of hydrogen-bond donors (Lipinski definition) is 0. The van der Waals surface area contributed by atoms with Gasteiger partial charge >= 0.3 is 0 Å². The smallest absolute Gasteiger partial charge is 0.0834 e. The summed E-state index contributed by atoms with van der Waals surface area (Å²) in [6.07, 6.45) is 1.14. The van der Waals surface area contributed by atoms with Gasteiger partial charge in [0.05, 0.1) is 20.4 Å². The molecule has 0 amide bonds. The zero-order chi connectivity index (χ0) is 15.4. The van der Waals surface area contributed by atoms with Gasteiger partial charge in [-0.1, -0.05) is 59.1 Å². The topological polar surface area (TPSA) is 6.48 Å². The van der Waals surface area contributed by atoms with Crippen molar-refractivity contribution < 1.29 is 0 Å². The second-order valence-corrected chi connectivity index (χ2v) is 6.80. The number of hydrogen-bond acceptors (Lipinski definition) is 4. The first kappa shape index (κ1) is 18.5. The monoisotopic (exact) mass is 300 g/mol. The first-order valence-electron chi connectivity index (χ1n) is 6.87. The van der Waals surface area contributed by atoms with Crippen molar-refractivity contribution in [3.63, 3.8) is 0 Å². The minimum absolute atomic E-state index is 0.346. The Morgan fingerprint density at radius 1 is 0.895 bits per heavy atom. The van der Waals surface area contributed by atoms with Crippen LogP contribution in [0.1, 0.15) is 41.0 Å². The van der Waals surface area contributed by atoms with Gasteiger partial charge in [-0.3, -0.25) is 0 Å². The maximum Gasteiger partial charge on any atom is 0.0834 e. The first-order valence-corrected chi connectivity index (χ1v) is 7.68. The summed E-state index contributed by atoms with van der Waals surface area (Å²) < 4.78 is 1.68. The van der Waals surface area contributed by atoms with Crippen molar-refractivity contribution in [1.29, 1.82) is 0 Å². The van der Waals surface area contributed by atoms with Crippen molar-refractivity contribution in [3.05, 3.63) is 9.02 Å². The lowest BCUT2D eigenvalue weighted by atomic mass is 9.92. The van der Waals surface area contributed by atoms with Crippen molar-refractivity contribution in [3.8, 4) is 0 Å². The Labute approximate surface area is 129 Å². The van der Waals surface area contributed by atoms with E-state index < -0.39 is 0 Å². The summed E-state index contributed by atoms with van der Waals surface area (Å²) in [5, 5.41) is 0. The van der Waals surface area contributed by atoms with Crippen LogP contribution in [-0.4, -0.2) is 27.7 Å². The number of nitrogens with zero attached hydrogens (tertiary/aromatic N) is 2. The van der Waals surface area contributed by atoms with Gasteiger partial charge in [-0.25, -0.2) is 0 Å². The molecule has 0 aromatic heterocycles. The summed E-state index contributed by atoms with van der Waals surface area (Å²) >= 11 is 10.6. The number of anilines is 2. The standard InChI is InChI=1S/C13H22N2S2.C2H6/c1-13(2,3)7-8-15(6)10-9(14(4)5)11(16)12(10)17;1-2/h7-8H2,1-6H3;1-2H3. The Balaban J connectivity index is 0.00000154. The summed E-state index contributed by atoms with van der Waals surface area (Å²) in [7, 11) is 6.13. The van der Waals surface area contributed by atoms with Crippen LogP contribution in [0.5, 0.6) is 0 Å². The highest BCUT2D eigenvalue weighted by atomic mass is 32.1. The Morgan fingerprint density at radius 3 is 1.68 bits per heavy atom. The van der Waals surface area contributed by atoms with Crippen LogP contribution in [0, 0.1) is 14.4 Å². The number of rotatable bonds is 4. The van der Waals surface area contributed by atoms with Crippen molar-refractivity contribution in [1.82, 2.24) is 0 Å². The molecule has 110 valence electrons. The summed E-state index contributed by atoms with van der Waals surface area (Å²) in [4.78, 5) is 4.29. The van der Waals surface area contributed by atoms with Crippen LogP contribution >= 0.6 is 24.4 Å². The zero-order valence-electron chi connectivity index (χ0n) is 13.6. The molecule has 0 unspecified atom stereocenters. The highest BCUT2D eigenvalue weighted by Gasteiger charge is 2.21. The lowest BCUT2D eigenvalue weighted by molar-refractivity contribution is 0.381. The van der Waals surface area contributed by atoms with E-state index in [4.69, 9.17) is 24.4 Å². The van der Waals surface area contributed by atoms with Crippen LogP contribution in [0.25, 0.3) is 0 Å². The normalized spacial score (nSPS) is 10.9. The molecule has 0 saturated carbocycles. The average molecular weight is 301 g/mol. The predicted molar refractivity (Wildman–Crippen MR) is 93.5 cm³/mol. The maximum atomic E-state index is 5.34. The van der Waals surface area contributed by atoms with Crippen LogP contribution in [0.2, 0.25) is 0 Å². The molecule has 0 N–H and O–H groups in total. The molecule has 0 radical (unpaired) electrons. The van der Waals surface area contributed by atoms with E-state index in [0.717, 1.165) is 33.4 Å². The summed E-state index contributed by atoms with van der Waals surface area (Å²) in [6.45, 7) is 11.8. The molecule has 0 heterocycles. The Hall–Kier alpha value is -0.480. The fraction of sp³-hybridized carbons (Fsp3) is 0.733. The van der Waals surface area contributed by atoms with E-state index >= 15 is 0 Å². The van der Waals surface area contributed by atoms with Crippen LogP contribution in [0.15, 0.2) is 0 Å². The molecule has 19 heavy (non-hydrogen) atoms. The van der Waals surface area contributed by atoms with Gasteiger partial charge < -0.3 is 9.80 Å². The van der Waals surface area contributed by atoms with Crippen molar-refractivity contribution in [2.75, 3.05) is 37.5 Å². The van der Waals surface area contributed by atoms with Crippen LogP contribution in [-0.2, 0) is 0 Å². The second kappa shape index (κ2) is 7.34. The third-order valence-electron chi connectivity index (χ3n) is 2.89. The van der Waals surface area contributed by atoms with E-state index in [-0.39, 0.29) is 0 Å². The van der Waals surface area contributed by atoms with E-state index in [1.165, 1.54) is 0 Å². The molecule has 0 aliphatic rings. The highest BCUT2D eigenvalue weighted by molar-refractivity contribution is 7.74. The lowest BCUT2D eigenvalue weighted by Gasteiger charge is -2.31. The van der Waals surface area contributed by atoms with Gasteiger partial charge in [0, 0.05) is 27.7 Å². The van der Waals surface area contributed by atoms with E-state index in [0.29, 0.717) is 5.41 Å². The van der Waals surface area contributed by atoms with Gasteiger partial charge in [-0.15, -0.1) is 0 Å². The molecule has 0 aliphatic heterocycles. The fourth-order valence-electron chi connectivity index (χ4n) is 1.75. The van der Waals surface area contributed by atoms with Gasteiger partial charge in [0.1, 0.15) is 0 Å². The van der Waals surface area contributed by atoms with Crippen molar-refractivity contribution in [2.24, 2.45) is 5.41 Å². The zero-order valence-corrected chi connectivity index (χ0v) is 15.3. The van der Waals surface area contributed by atoms with Gasteiger partial charge in [0.2, 0.25) is 0 Å². The van der Waals surface area contributed by atoms with Crippen molar-refractivity contribution >= 4 is 35.8 Å². The summed E-state index contributed by atoms with van der Waals surface area (Å²) in [6, 6.07) is 0. The molecule has 1 aromatic rings. The fourth-order valence-corrected chi connectivity index (χ4v) is 2.48. The molecule has 0 spiro atoms. The molecule has 1 rings (SSSR count). The van der Waals surface area contributed by atoms with E-state index in [9.17, 15) is 0 Å². The Morgan fingerprint density at radius 2 is 1.32 bits per heavy atom. The second-order valence-electron chi connectivity index (χ2n) is 5.98. The molecule has 1 aromatic carbocycles. The molecule has 0 fully saturated rings. The SMILES string of the molecule is CC.CN(C)c1c(N(C)CCC(C)(C)C)c(=S)c1=S. The highest BCUT2D eigenvalue weighted by Crippen LogP contribution is 2.37. The van der Waals surface area contributed by atoms with Crippen LogP contribution in [0.4, 0.5) is 11.4 Å². The van der Waals surface area contributed by atoms with Gasteiger partial charge in [-0.05, 0) is 11.8 Å². The lowest BCUT2D eigenvalue weighted by Crippen LogP contribution is -2.27. The van der Waals surface area contributed by atoms with Gasteiger partial charge in [0.15, 0.2) is 0 Å². The summed E-state index contributed by atoms with van der Waals surface area (Å²) in [5.41, 5.74) is 2.60. The maximum absolute atomic E-state index is 5.34. The third-order valence-corrected chi connectivity index (χ3v) is 3.81. The van der Waals surface area contributed by atoms with Gasteiger partial charge in [0.25, 0.3) is 0 Å². The average Bonchev–Trinajstić information content (AvgIpc) is 2.32. The molecule has 0 bridgehead atoms. The molecular weight excluding hydrogens is 272 g/mol. The summed E-state index contributed by atoms with van der Waals surface area (Å²) in [5.74, 6) is 0. The van der Waals surface area contributed by atoms with E-state index in [2.05, 4.69) is 37.6 Å². The first-order chi connectivity index (χ1) is 8.65. The minimum atomic E-state index is 0.346. The molecule has 0 atom stereocenters. The predicted octanol–water partition coefficient (Wildman–Crippen LogP) is 4.99. The van der Waals surface area contributed by atoms with Gasteiger partial charge in [-0.2, -0.15) is 0 Å². The van der Waals surface area contributed by atoms with E-state index in [1.807, 2.05) is 27.9 Å². The molecule has 2 nitrogen and oxygen atoms in total. The molecule has 0 saturated heterocycles. The van der Waals surface area contributed by atoms with Crippen molar-refractivity contribution in [2.45, 2.75) is 41.0 Å². The largest absolute Gasteiger partial charge is 0.375 e. The van der Waals surface area contributed by atoms with Crippen LogP contribution < -0.4 is 9.80 Å².